The monoisotopic (exact) mass is 453 g/mol. The number of nitrogens with one attached hydrogen (secondary N) is 1. The number of aromatic nitrogens is 1. The maximum atomic E-state index is 12.5. The molecule has 2 aromatic carbocycles. The SMILES string of the molecule is O=c1cc(Cl)c2ccccc2n1CCN1CCC(NCc2ccc3c(c2)OCCO3)CC1. The van der Waals surface area contributed by atoms with Crippen molar-refractivity contribution >= 4 is 22.5 Å². The molecule has 1 aromatic heterocycles. The van der Waals surface area contributed by atoms with Gasteiger partial charge in [-0.2, -0.15) is 0 Å². The van der Waals surface area contributed by atoms with Gasteiger partial charge in [0.25, 0.3) is 5.56 Å². The van der Waals surface area contributed by atoms with Gasteiger partial charge in [0, 0.05) is 37.1 Å². The summed E-state index contributed by atoms with van der Waals surface area (Å²) in [6, 6.07) is 16.0. The van der Waals surface area contributed by atoms with Crippen LogP contribution in [0, 0.1) is 0 Å². The topological polar surface area (TPSA) is 55.7 Å². The lowest BCUT2D eigenvalue weighted by molar-refractivity contribution is 0.171. The molecule has 2 aliphatic rings. The number of pyridine rings is 1. The van der Waals surface area contributed by atoms with Crippen molar-refractivity contribution in [2.45, 2.75) is 32.0 Å². The summed E-state index contributed by atoms with van der Waals surface area (Å²) in [4.78, 5) is 15.0. The molecule has 5 rings (SSSR count). The van der Waals surface area contributed by atoms with Crippen LogP contribution in [-0.4, -0.2) is 48.4 Å². The Morgan fingerprint density at radius 3 is 2.59 bits per heavy atom. The molecule has 6 nitrogen and oxygen atoms in total. The maximum Gasteiger partial charge on any atom is 0.252 e. The Balaban J connectivity index is 1.13. The first kappa shape index (κ1) is 21.3. The highest BCUT2D eigenvalue weighted by Crippen LogP contribution is 2.30. The number of hydrogen-bond acceptors (Lipinski definition) is 5. The summed E-state index contributed by atoms with van der Waals surface area (Å²) in [5.41, 5.74) is 2.08. The zero-order valence-corrected chi connectivity index (χ0v) is 18.8. The van der Waals surface area contributed by atoms with E-state index in [4.69, 9.17) is 21.1 Å². The highest BCUT2D eigenvalue weighted by Gasteiger charge is 2.19. The van der Waals surface area contributed by atoms with Gasteiger partial charge < -0.3 is 24.3 Å². The molecular formula is C25H28ClN3O3. The van der Waals surface area contributed by atoms with Crippen molar-refractivity contribution in [3.8, 4) is 11.5 Å². The Morgan fingerprint density at radius 1 is 0.969 bits per heavy atom. The summed E-state index contributed by atoms with van der Waals surface area (Å²) >= 11 is 6.26. The lowest BCUT2D eigenvalue weighted by Crippen LogP contribution is -2.43. The van der Waals surface area contributed by atoms with Crippen molar-refractivity contribution in [3.05, 3.63) is 69.5 Å². The molecule has 1 fully saturated rings. The fraction of sp³-hybridized carbons (Fsp3) is 0.400. The standard InChI is InChI=1S/C25H28ClN3O3/c26-21-16-25(30)29(22-4-2-1-3-20(21)22)12-11-28-9-7-19(8-10-28)27-17-18-5-6-23-24(15-18)32-14-13-31-23/h1-6,15-16,19,27H,7-14,17H2. The number of nitrogens with zero attached hydrogens (tertiary/aromatic N) is 2. The first-order valence-electron chi connectivity index (χ1n) is 11.3. The van der Waals surface area contributed by atoms with Crippen LogP contribution in [-0.2, 0) is 13.1 Å². The summed E-state index contributed by atoms with van der Waals surface area (Å²) < 4.78 is 13.1. The largest absolute Gasteiger partial charge is 0.486 e. The molecular weight excluding hydrogens is 426 g/mol. The summed E-state index contributed by atoms with van der Waals surface area (Å²) in [5, 5.41) is 5.13. The Hall–Kier alpha value is -2.54. The van der Waals surface area contributed by atoms with Gasteiger partial charge >= 0.3 is 0 Å². The van der Waals surface area contributed by atoms with Crippen molar-refractivity contribution < 1.29 is 9.47 Å². The molecule has 0 unspecified atom stereocenters. The van der Waals surface area contributed by atoms with E-state index in [-0.39, 0.29) is 5.56 Å². The molecule has 3 heterocycles. The molecule has 1 N–H and O–H groups in total. The maximum absolute atomic E-state index is 12.5. The third kappa shape index (κ3) is 4.63. The number of hydrogen-bond donors (Lipinski definition) is 1. The van der Waals surface area contributed by atoms with Crippen LogP contribution >= 0.6 is 11.6 Å². The predicted molar refractivity (Wildman–Crippen MR) is 127 cm³/mol. The molecule has 32 heavy (non-hydrogen) atoms. The fourth-order valence-corrected chi connectivity index (χ4v) is 4.84. The quantitative estimate of drug-likeness (QED) is 0.617. The molecule has 168 valence electrons. The predicted octanol–water partition coefficient (Wildman–Crippen LogP) is 3.68. The number of ether oxygens (including phenoxy) is 2. The number of halogens is 1. The van der Waals surface area contributed by atoms with Gasteiger partial charge in [-0.3, -0.25) is 4.79 Å². The third-order valence-electron chi connectivity index (χ3n) is 6.40. The van der Waals surface area contributed by atoms with E-state index < -0.39 is 0 Å². The first-order chi connectivity index (χ1) is 15.7. The minimum atomic E-state index is -0.0373. The van der Waals surface area contributed by atoms with Gasteiger partial charge in [-0.05, 0) is 49.7 Å². The van der Waals surface area contributed by atoms with Crippen LogP contribution in [0.1, 0.15) is 18.4 Å². The van der Waals surface area contributed by atoms with Crippen LogP contribution in [0.2, 0.25) is 5.02 Å². The molecule has 2 aliphatic heterocycles. The van der Waals surface area contributed by atoms with Gasteiger partial charge in [-0.1, -0.05) is 35.9 Å². The van der Waals surface area contributed by atoms with E-state index in [0.717, 1.165) is 61.4 Å². The Kier molecular flexibility index (Phi) is 6.35. The highest BCUT2D eigenvalue weighted by atomic mass is 35.5. The van der Waals surface area contributed by atoms with Gasteiger partial charge in [0.05, 0.1) is 10.5 Å². The Morgan fingerprint density at radius 2 is 1.75 bits per heavy atom. The second-order valence-electron chi connectivity index (χ2n) is 8.47. The second-order valence-corrected chi connectivity index (χ2v) is 8.88. The van der Waals surface area contributed by atoms with Gasteiger partial charge in [-0.15, -0.1) is 0 Å². The van der Waals surface area contributed by atoms with Gasteiger partial charge in [0.1, 0.15) is 13.2 Å². The number of likely N-dealkylation sites (tertiary alicyclic amines) is 1. The average Bonchev–Trinajstić information content (AvgIpc) is 2.83. The average molecular weight is 454 g/mol. The first-order valence-corrected chi connectivity index (χ1v) is 11.7. The normalized spacial score (nSPS) is 17.0. The van der Waals surface area contributed by atoms with E-state index in [9.17, 15) is 4.79 Å². The van der Waals surface area contributed by atoms with Crippen LogP contribution < -0.4 is 20.3 Å². The van der Waals surface area contributed by atoms with E-state index in [0.29, 0.717) is 30.8 Å². The van der Waals surface area contributed by atoms with E-state index in [2.05, 4.69) is 22.3 Å². The molecule has 7 heteroatoms. The number of fused-ring (bicyclic) bond motifs is 2. The lowest BCUT2D eigenvalue weighted by Gasteiger charge is -2.32. The molecule has 1 saturated heterocycles. The van der Waals surface area contributed by atoms with Gasteiger partial charge in [0.2, 0.25) is 0 Å². The third-order valence-corrected chi connectivity index (χ3v) is 6.71. The number of piperidine rings is 1. The van der Waals surface area contributed by atoms with E-state index in [1.807, 2.05) is 34.9 Å². The smallest absolute Gasteiger partial charge is 0.252 e. The molecule has 0 atom stereocenters. The molecule has 0 bridgehead atoms. The molecule has 3 aromatic rings. The van der Waals surface area contributed by atoms with Gasteiger partial charge in [0.15, 0.2) is 11.5 Å². The van der Waals surface area contributed by atoms with E-state index in [1.54, 1.807) is 0 Å². The van der Waals surface area contributed by atoms with Gasteiger partial charge in [-0.25, -0.2) is 0 Å². The molecule has 0 amide bonds. The fourth-order valence-electron chi connectivity index (χ4n) is 4.59. The van der Waals surface area contributed by atoms with Crippen LogP contribution in [0.15, 0.2) is 53.3 Å². The minimum Gasteiger partial charge on any atom is -0.486 e. The number of rotatable bonds is 6. The van der Waals surface area contributed by atoms with Crippen molar-refractivity contribution in [1.82, 2.24) is 14.8 Å². The highest BCUT2D eigenvalue weighted by molar-refractivity contribution is 6.35. The van der Waals surface area contributed by atoms with Crippen molar-refractivity contribution in [2.24, 2.45) is 0 Å². The number of para-hydroxylation sites is 1. The van der Waals surface area contributed by atoms with Crippen LogP contribution in [0.25, 0.3) is 10.9 Å². The van der Waals surface area contributed by atoms with Crippen molar-refractivity contribution in [3.63, 3.8) is 0 Å². The zero-order chi connectivity index (χ0) is 21.9. The molecule has 0 aliphatic carbocycles. The Bertz CT molecular complexity index is 1150. The lowest BCUT2D eigenvalue weighted by atomic mass is 10.0. The molecule has 0 radical (unpaired) electrons. The summed E-state index contributed by atoms with van der Waals surface area (Å²) in [5.74, 6) is 1.68. The van der Waals surface area contributed by atoms with E-state index in [1.165, 1.54) is 11.6 Å². The second kappa shape index (κ2) is 9.53. The number of benzene rings is 2. The van der Waals surface area contributed by atoms with Crippen LogP contribution in [0.4, 0.5) is 0 Å². The molecule has 0 saturated carbocycles. The Labute approximate surface area is 192 Å². The van der Waals surface area contributed by atoms with Crippen LogP contribution in [0.3, 0.4) is 0 Å². The summed E-state index contributed by atoms with van der Waals surface area (Å²) in [6.45, 7) is 5.64. The van der Waals surface area contributed by atoms with E-state index >= 15 is 0 Å². The van der Waals surface area contributed by atoms with Crippen LogP contribution in [0.5, 0.6) is 11.5 Å². The minimum absolute atomic E-state index is 0.0373. The van der Waals surface area contributed by atoms with Crippen molar-refractivity contribution in [2.75, 3.05) is 32.8 Å². The summed E-state index contributed by atoms with van der Waals surface area (Å²) in [7, 11) is 0. The molecule has 0 spiro atoms. The summed E-state index contributed by atoms with van der Waals surface area (Å²) in [6.07, 6.45) is 2.20. The zero-order valence-electron chi connectivity index (χ0n) is 18.1. The van der Waals surface area contributed by atoms with Crippen molar-refractivity contribution in [1.29, 1.82) is 0 Å².